The van der Waals surface area contributed by atoms with E-state index >= 15 is 0 Å². The molecule has 1 aromatic carbocycles. The van der Waals surface area contributed by atoms with Gasteiger partial charge in [-0.3, -0.25) is 4.98 Å². The number of hydrogen-bond acceptors (Lipinski definition) is 5. The van der Waals surface area contributed by atoms with Crippen LogP contribution in [0, 0.1) is 6.92 Å². The lowest BCUT2D eigenvalue weighted by Crippen LogP contribution is -2.14. The van der Waals surface area contributed by atoms with Crippen molar-refractivity contribution in [2.75, 3.05) is 6.61 Å². The number of hydrogen-bond donors (Lipinski definition) is 0. The SMILES string of the molecule is CCOC(=O)c1c(-c2ccccc2)c(C(=O)OCc2ccccn2)n(CC)c1C. The Bertz CT molecular complexity index is 995. The van der Waals surface area contributed by atoms with Crippen molar-refractivity contribution in [3.05, 3.63) is 77.4 Å². The zero-order valence-electron chi connectivity index (χ0n) is 16.8. The first-order valence-electron chi connectivity index (χ1n) is 9.61. The highest BCUT2D eigenvalue weighted by Crippen LogP contribution is 2.34. The molecule has 0 aliphatic rings. The van der Waals surface area contributed by atoms with Gasteiger partial charge in [0.1, 0.15) is 12.3 Å². The summed E-state index contributed by atoms with van der Waals surface area (Å²) in [7, 11) is 0. The summed E-state index contributed by atoms with van der Waals surface area (Å²) in [6.45, 7) is 6.32. The average molecular weight is 392 g/mol. The Labute approximate surface area is 170 Å². The average Bonchev–Trinajstić information content (AvgIpc) is 3.05. The summed E-state index contributed by atoms with van der Waals surface area (Å²) in [5.41, 5.74) is 3.36. The van der Waals surface area contributed by atoms with Crippen LogP contribution in [0.25, 0.3) is 11.1 Å². The summed E-state index contributed by atoms with van der Waals surface area (Å²) < 4.78 is 12.6. The molecule has 6 heteroatoms. The highest BCUT2D eigenvalue weighted by molar-refractivity contribution is 6.06. The first-order chi connectivity index (χ1) is 14.1. The summed E-state index contributed by atoms with van der Waals surface area (Å²) in [4.78, 5) is 30.0. The van der Waals surface area contributed by atoms with Crippen molar-refractivity contribution >= 4 is 11.9 Å². The Morgan fingerprint density at radius 3 is 2.31 bits per heavy atom. The van der Waals surface area contributed by atoms with Crippen LogP contribution in [-0.4, -0.2) is 28.1 Å². The normalized spacial score (nSPS) is 10.6. The van der Waals surface area contributed by atoms with E-state index in [0.717, 1.165) is 5.56 Å². The minimum absolute atomic E-state index is 0.0522. The lowest BCUT2D eigenvalue weighted by Gasteiger charge is -2.11. The first-order valence-corrected chi connectivity index (χ1v) is 9.61. The van der Waals surface area contributed by atoms with E-state index < -0.39 is 11.9 Å². The summed E-state index contributed by atoms with van der Waals surface area (Å²) in [5, 5.41) is 0. The lowest BCUT2D eigenvalue weighted by atomic mass is 10.00. The van der Waals surface area contributed by atoms with E-state index in [-0.39, 0.29) is 13.2 Å². The fraction of sp³-hybridized carbons (Fsp3) is 0.261. The second-order valence-electron chi connectivity index (χ2n) is 6.41. The maximum absolute atomic E-state index is 13.1. The number of ether oxygens (including phenoxy) is 2. The summed E-state index contributed by atoms with van der Waals surface area (Å²) in [6.07, 6.45) is 1.65. The van der Waals surface area contributed by atoms with E-state index in [2.05, 4.69) is 4.98 Å². The van der Waals surface area contributed by atoms with Crippen LogP contribution in [0.3, 0.4) is 0 Å². The number of carbonyl (C=O) groups excluding carboxylic acids is 2. The van der Waals surface area contributed by atoms with Gasteiger partial charge < -0.3 is 14.0 Å². The Kier molecular flexibility index (Phi) is 6.44. The number of rotatable bonds is 7. The van der Waals surface area contributed by atoms with Crippen molar-refractivity contribution in [2.45, 2.75) is 33.9 Å². The molecule has 0 bridgehead atoms. The fourth-order valence-electron chi connectivity index (χ4n) is 3.37. The van der Waals surface area contributed by atoms with E-state index in [4.69, 9.17) is 9.47 Å². The van der Waals surface area contributed by atoms with E-state index in [1.54, 1.807) is 29.8 Å². The van der Waals surface area contributed by atoms with Crippen molar-refractivity contribution in [1.82, 2.24) is 9.55 Å². The largest absolute Gasteiger partial charge is 0.462 e. The molecule has 0 atom stereocenters. The predicted octanol–water partition coefficient (Wildman–Crippen LogP) is 4.41. The van der Waals surface area contributed by atoms with E-state index in [1.807, 2.05) is 50.2 Å². The molecular formula is C23H24N2O4. The molecule has 0 fully saturated rings. The lowest BCUT2D eigenvalue weighted by molar-refractivity contribution is 0.0455. The van der Waals surface area contributed by atoms with Crippen LogP contribution in [0.1, 0.15) is 46.1 Å². The molecule has 3 rings (SSSR count). The van der Waals surface area contributed by atoms with Crippen LogP contribution >= 0.6 is 0 Å². The molecule has 150 valence electrons. The van der Waals surface area contributed by atoms with Crippen molar-refractivity contribution < 1.29 is 19.1 Å². The van der Waals surface area contributed by atoms with Gasteiger partial charge in [0.25, 0.3) is 0 Å². The van der Waals surface area contributed by atoms with Crippen LogP contribution in [0.4, 0.5) is 0 Å². The van der Waals surface area contributed by atoms with E-state index in [9.17, 15) is 9.59 Å². The first kappa shape index (κ1) is 20.3. The second kappa shape index (κ2) is 9.19. The number of aromatic nitrogens is 2. The summed E-state index contributed by atoms with van der Waals surface area (Å²) >= 11 is 0. The third-order valence-corrected chi connectivity index (χ3v) is 4.65. The maximum atomic E-state index is 13.1. The molecule has 29 heavy (non-hydrogen) atoms. The highest BCUT2D eigenvalue weighted by atomic mass is 16.5. The molecule has 0 radical (unpaired) electrons. The van der Waals surface area contributed by atoms with Crippen LogP contribution < -0.4 is 0 Å². The van der Waals surface area contributed by atoms with Gasteiger partial charge in [0, 0.05) is 24.0 Å². The quantitative estimate of drug-likeness (QED) is 0.557. The molecule has 0 unspecified atom stereocenters. The topological polar surface area (TPSA) is 70.4 Å². The Balaban J connectivity index is 2.10. The maximum Gasteiger partial charge on any atom is 0.356 e. The number of benzene rings is 1. The summed E-state index contributed by atoms with van der Waals surface area (Å²) in [5.74, 6) is -0.954. The molecule has 0 aliphatic heterocycles. The van der Waals surface area contributed by atoms with Crippen molar-refractivity contribution in [3.63, 3.8) is 0 Å². The standard InChI is InChI=1S/C23H24N2O4/c1-4-25-16(3)19(22(26)28-5-2)20(17-11-7-6-8-12-17)21(25)23(27)29-15-18-13-9-10-14-24-18/h6-14H,4-5,15H2,1-3H3. The number of nitrogens with zero attached hydrogens (tertiary/aromatic N) is 2. The van der Waals surface area contributed by atoms with Crippen molar-refractivity contribution in [3.8, 4) is 11.1 Å². The highest BCUT2D eigenvalue weighted by Gasteiger charge is 2.30. The fourth-order valence-corrected chi connectivity index (χ4v) is 3.37. The minimum Gasteiger partial charge on any atom is -0.462 e. The van der Waals surface area contributed by atoms with Gasteiger partial charge in [-0.2, -0.15) is 0 Å². The molecule has 2 heterocycles. The van der Waals surface area contributed by atoms with Gasteiger partial charge in [-0.15, -0.1) is 0 Å². The molecule has 0 amide bonds. The third kappa shape index (κ3) is 4.21. The van der Waals surface area contributed by atoms with Gasteiger partial charge in [0.2, 0.25) is 0 Å². The molecule has 0 spiro atoms. The monoisotopic (exact) mass is 392 g/mol. The zero-order valence-corrected chi connectivity index (χ0v) is 16.8. The minimum atomic E-state index is -0.505. The summed E-state index contributed by atoms with van der Waals surface area (Å²) in [6, 6.07) is 14.8. The van der Waals surface area contributed by atoms with Crippen molar-refractivity contribution in [2.24, 2.45) is 0 Å². The Hall–Kier alpha value is -3.41. The third-order valence-electron chi connectivity index (χ3n) is 4.65. The van der Waals surface area contributed by atoms with Crippen LogP contribution in [0.5, 0.6) is 0 Å². The Morgan fingerprint density at radius 1 is 0.966 bits per heavy atom. The van der Waals surface area contributed by atoms with Gasteiger partial charge in [-0.05, 0) is 38.5 Å². The molecule has 0 saturated carbocycles. The van der Waals surface area contributed by atoms with E-state index in [1.165, 1.54) is 0 Å². The molecule has 6 nitrogen and oxygen atoms in total. The number of pyridine rings is 1. The molecule has 0 saturated heterocycles. The predicted molar refractivity (Wildman–Crippen MR) is 110 cm³/mol. The Morgan fingerprint density at radius 2 is 1.69 bits per heavy atom. The number of carbonyl (C=O) groups is 2. The van der Waals surface area contributed by atoms with Crippen LogP contribution in [-0.2, 0) is 22.6 Å². The second-order valence-corrected chi connectivity index (χ2v) is 6.41. The molecule has 2 aromatic heterocycles. The molecule has 0 aliphatic carbocycles. The van der Waals surface area contributed by atoms with Crippen molar-refractivity contribution in [1.29, 1.82) is 0 Å². The van der Waals surface area contributed by atoms with Crippen LogP contribution in [0.2, 0.25) is 0 Å². The van der Waals surface area contributed by atoms with Gasteiger partial charge in [-0.1, -0.05) is 36.4 Å². The number of esters is 2. The van der Waals surface area contributed by atoms with Gasteiger partial charge in [0.05, 0.1) is 17.9 Å². The molecular weight excluding hydrogens is 368 g/mol. The van der Waals surface area contributed by atoms with Crippen LogP contribution in [0.15, 0.2) is 54.7 Å². The molecule has 3 aromatic rings. The van der Waals surface area contributed by atoms with E-state index in [0.29, 0.717) is 34.8 Å². The van der Waals surface area contributed by atoms with Gasteiger partial charge >= 0.3 is 11.9 Å². The van der Waals surface area contributed by atoms with Gasteiger partial charge in [0.15, 0.2) is 0 Å². The smallest absolute Gasteiger partial charge is 0.356 e. The van der Waals surface area contributed by atoms with Gasteiger partial charge in [-0.25, -0.2) is 9.59 Å². The zero-order chi connectivity index (χ0) is 20.8. The molecule has 0 N–H and O–H groups in total.